The molecule has 1 N–H and O–H groups in total. The Morgan fingerprint density at radius 1 is 1.47 bits per heavy atom. The van der Waals surface area contributed by atoms with E-state index in [0.29, 0.717) is 5.69 Å². The van der Waals surface area contributed by atoms with Crippen LogP contribution in [0.25, 0.3) is 10.9 Å². The Bertz CT molecular complexity index is 531. The van der Waals surface area contributed by atoms with Crippen molar-refractivity contribution in [1.29, 1.82) is 0 Å². The molecule has 0 saturated heterocycles. The Morgan fingerprint density at radius 3 is 2.80 bits per heavy atom. The van der Waals surface area contributed by atoms with Crippen LogP contribution in [0.15, 0.2) is 22.7 Å². The molecule has 0 fully saturated rings. The minimum Gasteiger partial charge on any atom is -0.464 e. The Morgan fingerprint density at radius 2 is 2.20 bits per heavy atom. The number of para-hydroxylation sites is 1. The predicted molar refractivity (Wildman–Crippen MR) is 62.1 cm³/mol. The van der Waals surface area contributed by atoms with E-state index in [1.54, 1.807) is 0 Å². The van der Waals surface area contributed by atoms with Gasteiger partial charge in [-0.25, -0.2) is 4.79 Å². The Labute approximate surface area is 95.6 Å². The van der Waals surface area contributed by atoms with Crippen LogP contribution >= 0.6 is 15.9 Å². The average Bonchev–Trinajstić information content (AvgIpc) is 2.57. The van der Waals surface area contributed by atoms with E-state index in [2.05, 4.69) is 20.9 Å². The zero-order valence-electron chi connectivity index (χ0n) is 8.43. The first-order chi connectivity index (χ1) is 7.15. The molecular formula is C11H10BrNO2. The fourth-order valence-electron chi connectivity index (χ4n) is 1.62. The number of nitrogens with one attached hydrogen (secondary N) is 1. The second-order valence-electron chi connectivity index (χ2n) is 3.28. The van der Waals surface area contributed by atoms with Crippen molar-refractivity contribution < 1.29 is 9.53 Å². The summed E-state index contributed by atoms with van der Waals surface area (Å²) in [5.74, 6) is -0.337. The van der Waals surface area contributed by atoms with E-state index in [1.807, 2.05) is 25.1 Å². The molecule has 0 aliphatic carbocycles. The van der Waals surface area contributed by atoms with Crippen molar-refractivity contribution in [2.24, 2.45) is 0 Å². The number of ether oxygens (including phenoxy) is 1. The molecule has 0 amide bonds. The van der Waals surface area contributed by atoms with E-state index in [4.69, 9.17) is 4.74 Å². The molecule has 78 valence electrons. The number of methoxy groups -OCH3 is 1. The molecule has 1 aromatic carbocycles. The number of aromatic amines is 1. The molecule has 0 aliphatic heterocycles. The Balaban J connectivity index is 2.75. The highest BCUT2D eigenvalue weighted by Crippen LogP contribution is 2.27. The molecule has 0 saturated carbocycles. The Hall–Kier alpha value is -1.29. The number of rotatable bonds is 1. The van der Waals surface area contributed by atoms with Gasteiger partial charge in [-0.05, 0) is 34.5 Å². The molecule has 0 radical (unpaired) electrons. The van der Waals surface area contributed by atoms with Crippen molar-refractivity contribution in [1.82, 2.24) is 4.98 Å². The number of hydrogen-bond donors (Lipinski definition) is 1. The lowest BCUT2D eigenvalue weighted by molar-refractivity contribution is 0.0594. The topological polar surface area (TPSA) is 42.1 Å². The van der Waals surface area contributed by atoms with Gasteiger partial charge in [0.05, 0.1) is 12.6 Å². The molecule has 2 aromatic rings. The van der Waals surface area contributed by atoms with E-state index < -0.39 is 0 Å². The number of aryl methyl sites for hydroxylation is 1. The number of carbonyl (C=O) groups is 1. The fraction of sp³-hybridized carbons (Fsp3) is 0.182. The highest BCUT2D eigenvalue weighted by molar-refractivity contribution is 9.10. The van der Waals surface area contributed by atoms with Crippen LogP contribution in [0.4, 0.5) is 0 Å². The molecular weight excluding hydrogens is 258 g/mol. The summed E-state index contributed by atoms with van der Waals surface area (Å²) in [5.41, 5.74) is 2.35. The van der Waals surface area contributed by atoms with Gasteiger partial charge in [0, 0.05) is 9.86 Å². The highest BCUT2D eigenvalue weighted by atomic mass is 79.9. The van der Waals surface area contributed by atoms with Crippen LogP contribution in [-0.4, -0.2) is 18.1 Å². The minimum atomic E-state index is -0.337. The number of benzene rings is 1. The largest absolute Gasteiger partial charge is 0.464 e. The molecule has 0 spiro atoms. The molecule has 0 bridgehead atoms. The third kappa shape index (κ3) is 1.55. The SMILES string of the molecule is COC(=O)c1[nH]c2c(Br)cccc2c1C. The van der Waals surface area contributed by atoms with Crippen molar-refractivity contribution in [3.63, 3.8) is 0 Å². The van der Waals surface area contributed by atoms with Gasteiger partial charge >= 0.3 is 5.97 Å². The standard InChI is InChI=1S/C11H10BrNO2/c1-6-7-4-3-5-8(12)10(7)13-9(6)11(14)15-2/h3-5,13H,1-2H3. The molecule has 4 heteroatoms. The zero-order valence-corrected chi connectivity index (χ0v) is 10.0. The van der Waals surface area contributed by atoms with Crippen LogP contribution in [0, 0.1) is 6.92 Å². The maximum atomic E-state index is 11.4. The average molecular weight is 268 g/mol. The van der Waals surface area contributed by atoms with E-state index >= 15 is 0 Å². The molecule has 0 aliphatic rings. The number of esters is 1. The second-order valence-corrected chi connectivity index (χ2v) is 4.13. The van der Waals surface area contributed by atoms with Gasteiger partial charge in [-0.2, -0.15) is 0 Å². The maximum Gasteiger partial charge on any atom is 0.354 e. The smallest absolute Gasteiger partial charge is 0.354 e. The first-order valence-electron chi connectivity index (χ1n) is 4.50. The van der Waals surface area contributed by atoms with Gasteiger partial charge in [0.2, 0.25) is 0 Å². The normalized spacial score (nSPS) is 10.6. The fourth-order valence-corrected chi connectivity index (χ4v) is 2.09. The first-order valence-corrected chi connectivity index (χ1v) is 5.29. The van der Waals surface area contributed by atoms with E-state index in [1.165, 1.54) is 7.11 Å². The van der Waals surface area contributed by atoms with Gasteiger partial charge in [-0.15, -0.1) is 0 Å². The predicted octanol–water partition coefficient (Wildman–Crippen LogP) is 3.03. The number of halogens is 1. The summed E-state index contributed by atoms with van der Waals surface area (Å²) in [6, 6.07) is 5.84. The molecule has 0 atom stereocenters. The summed E-state index contributed by atoms with van der Waals surface area (Å²) in [7, 11) is 1.38. The van der Waals surface area contributed by atoms with E-state index in [0.717, 1.165) is 20.9 Å². The van der Waals surface area contributed by atoms with Crippen molar-refractivity contribution in [2.45, 2.75) is 6.92 Å². The van der Waals surface area contributed by atoms with Gasteiger partial charge < -0.3 is 9.72 Å². The van der Waals surface area contributed by atoms with Gasteiger partial charge in [-0.3, -0.25) is 0 Å². The summed E-state index contributed by atoms with van der Waals surface area (Å²) >= 11 is 3.43. The van der Waals surface area contributed by atoms with Crippen molar-refractivity contribution in [2.75, 3.05) is 7.11 Å². The number of H-pyrrole nitrogens is 1. The van der Waals surface area contributed by atoms with Gasteiger partial charge in [0.15, 0.2) is 0 Å². The minimum absolute atomic E-state index is 0.337. The van der Waals surface area contributed by atoms with E-state index in [9.17, 15) is 4.79 Å². The summed E-state index contributed by atoms with van der Waals surface area (Å²) in [5, 5.41) is 1.03. The molecule has 1 heterocycles. The maximum absolute atomic E-state index is 11.4. The lowest BCUT2D eigenvalue weighted by atomic mass is 10.1. The lowest BCUT2D eigenvalue weighted by Gasteiger charge is -1.95. The number of carbonyl (C=O) groups excluding carboxylic acids is 1. The first kappa shape index (κ1) is 10.2. The van der Waals surface area contributed by atoms with Crippen LogP contribution < -0.4 is 0 Å². The Kier molecular flexibility index (Phi) is 2.52. The van der Waals surface area contributed by atoms with Crippen molar-refractivity contribution in [3.8, 4) is 0 Å². The van der Waals surface area contributed by atoms with Gasteiger partial charge in [0.1, 0.15) is 5.69 Å². The summed E-state index contributed by atoms with van der Waals surface area (Å²) in [4.78, 5) is 14.5. The molecule has 15 heavy (non-hydrogen) atoms. The zero-order chi connectivity index (χ0) is 11.0. The molecule has 3 nitrogen and oxygen atoms in total. The second kappa shape index (κ2) is 3.70. The number of fused-ring (bicyclic) bond motifs is 1. The van der Waals surface area contributed by atoms with Crippen LogP contribution in [0.1, 0.15) is 16.1 Å². The van der Waals surface area contributed by atoms with Gasteiger partial charge in [-0.1, -0.05) is 12.1 Å². The van der Waals surface area contributed by atoms with Gasteiger partial charge in [0.25, 0.3) is 0 Å². The monoisotopic (exact) mass is 267 g/mol. The number of hydrogen-bond acceptors (Lipinski definition) is 2. The summed E-state index contributed by atoms with van der Waals surface area (Å²) < 4.78 is 5.64. The van der Waals surface area contributed by atoms with Crippen LogP contribution in [-0.2, 0) is 4.74 Å². The quantitative estimate of drug-likeness (QED) is 0.808. The van der Waals surface area contributed by atoms with Crippen molar-refractivity contribution in [3.05, 3.63) is 33.9 Å². The lowest BCUT2D eigenvalue weighted by Crippen LogP contribution is -2.02. The van der Waals surface area contributed by atoms with Crippen molar-refractivity contribution >= 4 is 32.8 Å². The highest BCUT2D eigenvalue weighted by Gasteiger charge is 2.15. The summed E-state index contributed by atoms with van der Waals surface area (Å²) in [6.07, 6.45) is 0. The van der Waals surface area contributed by atoms with Crippen LogP contribution in [0.5, 0.6) is 0 Å². The number of aromatic nitrogens is 1. The third-order valence-electron chi connectivity index (χ3n) is 2.43. The third-order valence-corrected chi connectivity index (χ3v) is 3.09. The van der Waals surface area contributed by atoms with Crippen LogP contribution in [0.3, 0.4) is 0 Å². The molecule has 1 aromatic heterocycles. The van der Waals surface area contributed by atoms with E-state index in [-0.39, 0.29) is 5.97 Å². The molecule has 0 unspecified atom stereocenters. The summed E-state index contributed by atoms with van der Waals surface area (Å²) in [6.45, 7) is 1.90. The molecule has 2 rings (SSSR count). The van der Waals surface area contributed by atoms with Crippen LogP contribution in [0.2, 0.25) is 0 Å².